The molecule has 1 amide bonds. The van der Waals surface area contributed by atoms with E-state index in [0.29, 0.717) is 29.0 Å². The van der Waals surface area contributed by atoms with E-state index in [1.807, 2.05) is 11.0 Å². The van der Waals surface area contributed by atoms with Gasteiger partial charge in [0.15, 0.2) is 22.9 Å². The number of rotatable bonds is 3. The molecule has 10 heteroatoms. The number of amides is 1. The minimum atomic E-state index is -1.02. The molecule has 6 rings (SSSR count). The van der Waals surface area contributed by atoms with Crippen LogP contribution in [0.4, 0.5) is 8.78 Å². The average molecular weight is 479 g/mol. The highest BCUT2D eigenvalue weighted by molar-refractivity contribution is 6.04. The largest absolute Gasteiger partial charge is 0.494 e. The van der Waals surface area contributed by atoms with Crippen molar-refractivity contribution >= 4 is 16.9 Å². The zero-order valence-electron chi connectivity index (χ0n) is 19.6. The molecule has 0 saturated carbocycles. The maximum atomic E-state index is 14.3. The summed E-state index contributed by atoms with van der Waals surface area (Å²) in [6.45, 7) is 0. The van der Waals surface area contributed by atoms with Crippen LogP contribution in [0, 0.1) is 11.6 Å². The number of hydrogen-bond acceptors (Lipinski definition) is 5. The van der Waals surface area contributed by atoms with Crippen LogP contribution in [0.3, 0.4) is 0 Å². The van der Waals surface area contributed by atoms with E-state index in [2.05, 4.69) is 10.1 Å². The quantitative estimate of drug-likeness (QED) is 0.446. The number of nitrogens with zero attached hydrogens (tertiary/aromatic N) is 6. The molecule has 1 fully saturated rings. The monoisotopic (exact) mass is 478 g/mol. The van der Waals surface area contributed by atoms with Gasteiger partial charge in [0.05, 0.1) is 29.9 Å². The van der Waals surface area contributed by atoms with Gasteiger partial charge in [0.25, 0.3) is 5.91 Å². The number of benzene rings is 1. The molecule has 1 aromatic carbocycles. The SMILES string of the molecule is COc1cc(-c2c3c(nn2C)[C@H]2CCC[C@@H](C3)N2C(=O)c2nn(C)c3ncccc23)cc(F)c1F. The van der Waals surface area contributed by atoms with Gasteiger partial charge >= 0.3 is 0 Å². The number of halogens is 2. The van der Waals surface area contributed by atoms with Crippen molar-refractivity contribution in [3.05, 3.63) is 59.0 Å². The van der Waals surface area contributed by atoms with Crippen molar-refractivity contribution in [2.45, 2.75) is 37.8 Å². The molecule has 0 spiro atoms. The fourth-order valence-corrected chi connectivity index (χ4v) is 5.73. The first-order valence-corrected chi connectivity index (χ1v) is 11.6. The Balaban J connectivity index is 1.45. The van der Waals surface area contributed by atoms with E-state index in [9.17, 15) is 13.6 Å². The standard InChI is InChI=1S/C25H24F2N6O2/c1-31-23(13-10-17(26)20(27)19(11-13)35-3)16-12-14-6-4-8-18(21(16)29-31)33(14)25(34)22-15-7-5-9-28-24(15)32(2)30-22/h5,7,9-11,14,18H,4,6,8,12H2,1-3H3/t14-,18+/m0/s1. The first-order valence-electron chi connectivity index (χ1n) is 11.6. The number of piperidine rings is 1. The third kappa shape index (κ3) is 3.15. The van der Waals surface area contributed by atoms with Crippen LogP contribution in [0.5, 0.6) is 5.75 Å². The molecule has 3 aromatic heterocycles. The van der Waals surface area contributed by atoms with Gasteiger partial charge in [-0.1, -0.05) is 0 Å². The van der Waals surface area contributed by atoms with Crippen molar-refractivity contribution in [1.29, 1.82) is 0 Å². The maximum absolute atomic E-state index is 14.3. The normalized spacial score (nSPS) is 19.2. The summed E-state index contributed by atoms with van der Waals surface area (Å²) in [6.07, 6.45) is 4.86. The predicted octanol–water partition coefficient (Wildman–Crippen LogP) is 3.95. The van der Waals surface area contributed by atoms with Gasteiger partial charge in [0.1, 0.15) is 0 Å². The fraction of sp³-hybridized carbons (Fsp3) is 0.360. The summed E-state index contributed by atoms with van der Waals surface area (Å²) in [7, 11) is 4.88. The van der Waals surface area contributed by atoms with E-state index in [1.165, 1.54) is 19.2 Å². The number of hydrogen-bond donors (Lipinski definition) is 0. The number of fused-ring (bicyclic) bond motifs is 5. The number of ether oxygens (including phenoxy) is 1. The van der Waals surface area contributed by atoms with E-state index in [1.54, 1.807) is 35.7 Å². The van der Waals surface area contributed by atoms with E-state index in [0.717, 1.165) is 35.9 Å². The van der Waals surface area contributed by atoms with Crippen molar-refractivity contribution in [2.24, 2.45) is 14.1 Å². The van der Waals surface area contributed by atoms with E-state index >= 15 is 0 Å². The molecule has 0 N–H and O–H groups in total. The Morgan fingerprint density at radius 3 is 2.77 bits per heavy atom. The van der Waals surface area contributed by atoms with Crippen molar-refractivity contribution < 1.29 is 18.3 Å². The summed E-state index contributed by atoms with van der Waals surface area (Å²) in [5.41, 5.74) is 4.02. The van der Waals surface area contributed by atoms with Crippen molar-refractivity contribution in [3.8, 4) is 17.0 Å². The first kappa shape index (κ1) is 21.7. The van der Waals surface area contributed by atoms with Gasteiger partial charge in [-0.3, -0.25) is 9.48 Å². The number of carbonyl (C=O) groups is 1. The van der Waals surface area contributed by atoms with Crippen LogP contribution in [0.15, 0.2) is 30.5 Å². The molecule has 0 radical (unpaired) electrons. The summed E-state index contributed by atoms with van der Waals surface area (Å²) >= 11 is 0. The van der Waals surface area contributed by atoms with Crippen LogP contribution >= 0.6 is 0 Å². The predicted molar refractivity (Wildman–Crippen MR) is 124 cm³/mol. The Hall–Kier alpha value is -3.82. The molecule has 1 saturated heterocycles. The molecule has 2 aliphatic rings. The zero-order valence-corrected chi connectivity index (χ0v) is 19.6. The Kier molecular flexibility index (Phi) is 4.87. The Labute approximate surface area is 200 Å². The lowest BCUT2D eigenvalue weighted by Gasteiger charge is -2.45. The summed E-state index contributed by atoms with van der Waals surface area (Å²) in [4.78, 5) is 20.1. The molecule has 180 valence electrons. The van der Waals surface area contributed by atoms with Gasteiger partial charge in [-0.05, 0) is 49.9 Å². The van der Waals surface area contributed by atoms with Crippen molar-refractivity contribution in [1.82, 2.24) is 29.4 Å². The van der Waals surface area contributed by atoms with Gasteiger partial charge in [0.2, 0.25) is 5.82 Å². The zero-order chi connectivity index (χ0) is 24.4. The third-order valence-electron chi connectivity index (χ3n) is 7.20. The summed E-state index contributed by atoms with van der Waals surface area (Å²) in [6, 6.07) is 6.08. The number of methoxy groups -OCH3 is 1. The molecule has 2 atom stereocenters. The molecule has 8 nitrogen and oxygen atoms in total. The highest BCUT2D eigenvalue weighted by Gasteiger charge is 2.44. The smallest absolute Gasteiger partial charge is 0.275 e. The van der Waals surface area contributed by atoms with Gasteiger partial charge < -0.3 is 9.64 Å². The van der Waals surface area contributed by atoms with Gasteiger partial charge in [-0.2, -0.15) is 14.6 Å². The molecule has 0 aliphatic carbocycles. The third-order valence-corrected chi connectivity index (χ3v) is 7.20. The van der Waals surface area contributed by atoms with Crippen LogP contribution in [0.1, 0.15) is 47.1 Å². The van der Waals surface area contributed by atoms with Crippen molar-refractivity contribution in [2.75, 3.05) is 7.11 Å². The topological polar surface area (TPSA) is 78.1 Å². The second-order valence-electron chi connectivity index (χ2n) is 9.17. The van der Waals surface area contributed by atoms with Crippen LogP contribution < -0.4 is 4.74 Å². The highest BCUT2D eigenvalue weighted by atomic mass is 19.2. The van der Waals surface area contributed by atoms with E-state index in [4.69, 9.17) is 9.84 Å². The van der Waals surface area contributed by atoms with Crippen LogP contribution in [0.25, 0.3) is 22.3 Å². The Morgan fingerprint density at radius 2 is 1.97 bits per heavy atom. The highest BCUT2D eigenvalue weighted by Crippen LogP contribution is 2.45. The van der Waals surface area contributed by atoms with Crippen molar-refractivity contribution in [3.63, 3.8) is 0 Å². The van der Waals surface area contributed by atoms with Gasteiger partial charge in [0, 0.05) is 37.5 Å². The average Bonchev–Trinajstić information content (AvgIpc) is 3.36. The van der Waals surface area contributed by atoms with Crippen LogP contribution in [-0.4, -0.2) is 48.5 Å². The second kappa shape index (κ2) is 7.86. The number of aromatic nitrogens is 5. The summed E-state index contributed by atoms with van der Waals surface area (Å²) < 4.78 is 36.8. The molecular weight excluding hydrogens is 454 g/mol. The van der Waals surface area contributed by atoms with Gasteiger partial charge in [-0.25, -0.2) is 14.1 Å². The lowest BCUT2D eigenvalue weighted by atomic mass is 9.81. The number of pyridine rings is 1. The molecule has 0 unspecified atom stereocenters. The van der Waals surface area contributed by atoms with Crippen LogP contribution in [-0.2, 0) is 20.5 Å². The van der Waals surface area contributed by atoms with E-state index in [-0.39, 0.29) is 23.7 Å². The van der Waals surface area contributed by atoms with Gasteiger partial charge in [-0.15, -0.1) is 0 Å². The number of carbonyl (C=O) groups excluding carboxylic acids is 1. The molecular formula is C25H24F2N6O2. The summed E-state index contributed by atoms with van der Waals surface area (Å²) in [5.74, 6) is -2.28. The minimum absolute atomic E-state index is 0.0439. The second-order valence-corrected chi connectivity index (χ2v) is 9.17. The molecule has 35 heavy (non-hydrogen) atoms. The Bertz CT molecular complexity index is 1490. The molecule has 5 heterocycles. The summed E-state index contributed by atoms with van der Waals surface area (Å²) in [5, 5.41) is 10.0. The number of aryl methyl sites for hydroxylation is 2. The van der Waals surface area contributed by atoms with Crippen LogP contribution in [0.2, 0.25) is 0 Å². The van der Waals surface area contributed by atoms with E-state index < -0.39 is 11.6 Å². The molecule has 2 bridgehead atoms. The lowest BCUT2D eigenvalue weighted by Crippen LogP contribution is -2.50. The first-order chi connectivity index (χ1) is 16.9. The maximum Gasteiger partial charge on any atom is 0.275 e. The fourth-order valence-electron chi connectivity index (χ4n) is 5.73. The molecule has 4 aromatic rings. The Morgan fingerprint density at radius 1 is 1.14 bits per heavy atom. The minimum Gasteiger partial charge on any atom is -0.494 e. The lowest BCUT2D eigenvalue weighted by molar-refractivity contribution is 0.0387. The molecule has 2 aliphatic heterocycles.